The number of aryl methyl sites for hydroxylation is 1. The van der Waals surface area contributed by atoms with Crippen LogP contribution in [0.15, 0.2) is 30.3 Å². The number of aliphatic hydroxyl groups excluding tert-OH is 1. The third-order valence-corrected chi connectivity index (χ3v) is 4.95. The molecule has 1 aromatic rings. The minimum absolute atomic E-state index is 0.252. The van der Waals surface area contributed by atoms with Crippen LogP contribution in [0.4, 0.5) is 0 Å². The number of hydrogen-bond acceptors (Lipinski definition) is 4. The van der Waals surface area contributed by atoms with Crippen LogP contribution in [0, 0.1) is 6.92 Å². The zero-order chi connectivity index (χ0) is 16.8. The summed E-state index contributed by atoms with van der Waals surface area (Å²) in [5.74, 6) is 0. The second kappa shape index (κ2) is 8.77. The Hall–Kier alpha value is -1.20. The Morgan fingerprint density at radius 3 is 2.79 bits per heavy atom. The van der Waals surface area contributed by atoms with E-state index in [1.54, 1.807) is 0 Å². The SMILES string of the molecule is Cc1ccccc1C1=CCN(CC(O)COC2CCOCC2)CC1. The monoisotopic (exact) mass is 331 g/mol. The summed E-state index contributed by atoms with van der Waals surface area (Å²) in [6, 6.07) is 8.56. The highest BCUT2D eigenvalue weighted by atomic mass is 16.5. The maximum atomic E-state index is 10.2. The van der Waals surface area contributed by atoms with Gasteiger partial charge in [0.25, 0.3) is 0 Å². The van der Waals surface area contributed by atoms with Gasteiger partial charge >= 0.3 is 0 Å². The van der Waals surface area contributed by atoms with Crippen LogP contribution in [0.2, 0.25) is 0 Å². The Morgan fingerprint density at radius 1 is 1.29 bits per heavy atom. The third kappa shape index (κ3) is 4.90. The molecule has 1 fully saturated rings. The summed E-state index contributed by atoms with van der Waals surface area (Å²) >= 11 is 0. The molecule has 2 aliphatic rings. The molecule has 0 radical (unpaired) electrons. The van der Waals surface area contributed by atoms with Gasteiger partial charge in [0.05, 0.1) is 18.8 Å². The third-order valence-electron chi connectivity index (χ3n) is 4.95. The van der Waals surface area contributed by atoms with Gasteiger partial charge in [0.15, 0.2) is 0 Å². The lowest BCUT2D eigenvalue weighted by atomic mass is 9.95. The quantitative estimate of drug-likeness (QED) is 0.870. The molecule has 1 unspecified atom stereocenters. The van der Waals surface area contributed by atoms with E-state index in [1.165, 1.54) is 16.7 Å². The fraction of sp³-hybridized carbons (Fsp3) is 0.600. The van der Waals surface area contributed by atoms with Crippen molar-refractivity contribution in [1.82, 2.24) is 4.90 Å². The van der Waals surface area contributed by atoms with Gasteiger partial charge in [-0.2, -0.15) is 0 Å². The van der Waals surface area contributed by atoms with Crippen LogP contribution in [0.3, 0.4) is 0 Å². The van der Waals surface area contributed by atoms with Crippen LogP contribution in [0.1, 0.15) is 30.4 Å². The van der Waals surface area contributed by atoms with E-state index in [1.807, 2.05) is 0 Å². The van der Waals surface area contributed by atoms with Gasteiger partial charge in [0, 0.05) is 32.8 Å². The number of rotatable bonds is 6. The zero-order valence-corrected chi connectivity index (χ0v) is 14.6. The van der Waals surface area contributed by atoms with Crippen molar-refractivity contribution in [3.63, 3.8) is 0 Å². The van der Waals surface area contributed by atoms with E-state index in [0.717, 1.165) is 45.6 Å². The van der Waals surface area contributed by atoms with Crippen molar-refractivity contribution in [1.29, 1.82) is 0 Å². The number of ether oxygens (including phenoxy) is 2. The van der Waals surface area contributed by atoms with Gasteiger partial charge in [0.1, 0.15) is 0 Å². The first-order valence-corrected chi connectivity index (χ1v) is 9.07. The Bertz CT molecular complexity index is 552. The van der Waals surface area contributed by atoms with Gasteiger partial charge < -0.3 is 14.6 Å². The molecule has 2 heterocycles. The van der Waals surface area contributed by atoms with Crippen molar-refractivity contribution in [2.24, 2.45) is 0 Å². The maximum Gasteiger partial charge on any atom is 0.0900 e. The van der Waals surface area contributed by atoms with Crippen LogP contribution in [-0.4, -0.2) is 61.7 Å². The number of β-amino-alcohol motifs (C(OH)–C–C–N with tert-alkyl or cyclic N) is 1. The molecular formula is C20H29NO3. The second-order valence-electron chi connectivity index (χ2n) is 6.85. The standard InChI is InChI=1S/C20H29NO3/c1-16-4-2-3-5-20(16)17-6-10-21(11-7-17)14-18(22)15-24-19-8-12-23-13-9-19/h2-6,18-19,22H,7-15H2,1H3. The fourth-order valence-electron chi connectivity index (χ4n) is 3.50. The Kier molecular flexibility index (Phi) is 6.44. The summed E-state index contributed by atoms with van der Waals surface area (Å²) in [4.78, 5) is 2.31. The van der Waals surface area contributed by atoms with E-state index in [4.69, 9.17) is 9.47 Å². The van der Waals surface area contributed by atoms with Gasteiger partial charge in [-0.05, 0) is 42.9 Å². The summed E-state index contributed by atoms with van der Waals surface area (Å²) in [5, 5.41) is 10.2. The minimum Gasteiger partial charge on any atom is -0.389 e. The minimum atomic E-state index is -0.416. The number of hydrogen-bond donors (Lipinski definition) is 1. The number of aliphatic hydroxyl groups is 1. The largest absolute Gasteiger partial charge is 0.389 e. The van der Waals surface area contributed by atoms with Crippen molar-refractivity contribution in [2.75, 3.05) is 39.5 Å². The molecule has 0 saturated carbocycles. The Labute approximate surface area is 145 Å². The van der Waals surface area contributed by atoms with E-state index in [2.05, 4.69) is 42.2 Å². The average Bonchev–Trinajstić information content (AvgIpc) is 2.62. The molecule has 0 amide bonds. The van der Waals surface area contributed by atoms with Crippen LogP contribution in [0.5, 0.6) is 0 Å². The molecule has 1 saturated heterocycles. The Balaban J connectivity index is 1.43. The smallest absolute Gasteiger partial charge is 0.0900 e. The molecule has 4 heteroatoms. The topological polar surface area (TPSA) is 41.9 Å². The summed E-state index contributed by atoms with van der Waals surface area (Å²) < 4.78 is 11.1. The lowest BCUT2D eigenvalue weighted by molar-refractivity contribution is -0.0637. The van der Waals surface area contributed by atoms with Gasteiger partial charge in [-0.1, -0.05) is 30.3 Å². The van der Waals surface area contributed by atoms with Crippen molar-refractivity contribution >= 4 is 5.57 Å². The molecule has 3 rings (SSSR count). The normalized spacial score (nSPS) is 21.5. The van der Waals surface area contributed by atoms with Crippen LogP contribution < -0.4 is 0 Å². The highest BCUT2D eigenvalue weighted by Crippen LogP contribution is 2.25. The van der Waals surface area contributed by atoms with E-state index in [-0.39, 0.29) is 6.10 Å². The van der Waals surface area contributed by atoms with Gasteiger partial charge in [-0.25, -0.2) is 0 Å². The van der Waals surface area contributed by atoms with Crippen LogP contribution in [-0.2, 0) is 9.47 Å². The summed E-state index contributed by atoms with van der Waals surface area (Å²) in [6.45, 7) is 6.72. The van der Waals surface area contributed by atoms with E-state index >= 15 is 0 Å². The van der Waals surface area contributed by atoms with Crippen LogP contribution >= 0.6 is 0 Å². The summed E-state index contributed by atoms with van der Waals surface area (Å²) in [6.07, 6.45) is 5.07. The van der Waals surface area contributed by atoms with Gasteiger partial charge in [-0.3, -0.25) is 4.90 Å². The average molecular weight is 331 g/mol. The summed E-state index contributed by atoms with van der Waals surface area (Å²) in [7, 11) is 0. The molecule has 1 aromatic carbocycles. The first-order chi connectivity index (χ1) is 11.7. The van der Waals surface area contributed by atoms with E-state index in [0.29, 0.717) is 13.2 Å². The lowest BCUT2D eigenvalue weighted by Gasteiger charge is -2.29. The molecule has 0 bridgehead atoms. The molecule has 0 spiro atoms. The first kappa shape index (κ1) is 17.6. The molecule has 132 valence electrons. The Morgan fingerprint density at radius 2 is 2.08 bits per heavy atom. The predicted octanol–water partition coefficient (Wildman–Crippen LogP) is 2.64. The molecule has 24 heavy (non-hydrogen) atoms. The summed E-state index contributed by atoms with van der Waals surface area (Å²) in [5.41, 5.74) is 4.12. The fourth-order valence-corrected chi connectivity index (χ4v) is 3.50. The van der Waals surface area contributed by atoms with Crippen LogP contribution in [0.25, 0.3) is 5.57 Å². The van der Waals surface area contributed by atoms with Crippen molar-refractivity contribution in [3.8, 4) is 0 Å². The van der Waals surface area contributed by atoms with E-state index < -0.39 is 6.10 Å². The maximum absolute atomic E-state index is 10.2. The lowest BCUT2D eigenvalue weighted by Crippen LogP contribution is -2.38. The first-order valence-electron chi connectivity index (χ1n) is 9.07. The highest BCUT2D eigenvalue weighted by Gasteiger charge is 2.19. The highest BCUT2D eigenvalue weighted by molar-refractivity contribution is 5.69. The van der Waals surface area contributed by atoms with Crippen molar-refractivity contribution in [3.05, 3.63) is 41.5 Å². The molecular weight excluding hydrogens is 302 g/mol. The van der Waals surface area contributed by atoms with Gasteiger partial charge in [0.2, 0.25) is 0 Å². The zero-order valence-electron chi connectivity index (χ0n) is 14.6. The number of nitrogens with zero attached hydrogens (tertiary/aromatic N) is 1. The van der Waals surface area contributed by atoms with E-state index in [9.17, 15) is 5.11 Å². The molecule has 1 N–H and O–H groups in total. The predicted molar refractivity (Wildman–Crippen MR) is 96.0 cm³/mol. The molecule has 4 nitrogen and oxygen atoms in total. The van der Waals surface area contributed by atoms with Crippen molar-refractivity contribution in [2.45, 2.75) is 38.4 Å². The number of benzene rings is 1. The molecule has 0 aliphatic carbocycles. The second-order valence-corrected chi connectivity index (χ2v) is 6.85. The molecule has 2 aliphatic heterocycles. The molecule has 0 aromatic heterocycles. The van der Waals surface area contributed by atoms with Gasteiger partial charge in [-0.15, -0.1) is 0 Å². The van der Waals surface area contributed by atoms with Crippen molar-refractivity contribution < 1.29 is 14.6 Å². The molecule has 1 atom stereocenters.